The van der Waals surface area contributed by atoms with Crippen molar-refractivity contribution in [2.45, 2.75) is 32.8 Å². The Morgan fingerprint density at radius 3 is 2.81 bits per heavy atom. The predicted octanol–water partition coefficient (Wildman–Crippen LogP) is 1.30. The number of carbonyl (C=O) groups excluding carboxylic acids is 2. The summed E-state index contributed by atoms with van der Waals surface area (Å²) in [6, 6.07) is 5.19. The SMILES string of the molecule is CCCNC(=O)CN1C(=O)C(C)(C)Oc2cccc(N)c21. The highest BCUT2D eigenvalue weighted by Gasteiger charge is 2.42. The number of nitrogen functional groups attached to an aromatic ring is 1. The number of ether oxygens (including phenoxy) is 1. The molecule has 1 aromatic rings. The van der Waals surface area contributed by atoms with E-state index in [9.17, 15) is 9.59 Å². The molecule has 0 atom stereocenters. The molecule has 0 aromatic heterocycles. The van der Waals surface area contributed by atoms with Gasteiger partial charge in [-0.2, -0.15) is 0 Å². The molecule has 114 valence electrons. The van der Waals surface area contributed by atoms with Crippen molar-refractivity contribution in [3.63, 3.8) is 0 Å². The molecule has 0 unspecified atom stereocenters. The first-order chi connectivity index (χ1) is 9.86. The van der Waals surface area contributed by atoms with Gasteiger partial charge in [0, 0.05) is 6.54 Å². The van der Waals surface area contributed by atoms with Crippen molar-refractivity contribution in [1.29, 1.82) is 0 Å². The lowest BCUT2D eigenvalue weighted by atomic mass is 10.0. The molecular formula is C15H21N3O3. The number of para-hydroxylation sites is 1. The summed E-state index contributed by atoms with van der Waals surface area (Å²) in [4.78, 5) is 25.9. The van der Waals surface area contributed by atoms with E-state index in [0.717, 1.165) is 6.42 Å². The number of nitrogens with one attached hydrogen (secondary N) is 1. The first-order valence-electron chi connectivity index (χ1n) is 7.03. The lowest BCUT2D eigenvalue weighted by Gasteiger charge is -2.39. The van der Waals surface area contributed by atoms with Gasteiger partial charge in [0.2, 0.25) is 5.91 Å². The second-order valence-electron chi connectivity index (χ2n) is 5.55. The minimum absolute atomic E-state index is 0.0627. The summed E-state index contributed by atoms with van der Waals surface area (Å²) in [5.41, 5.74) is 5.81. The van der Waals surface area contributed by atoms with Crippen molar-refractivity contribution in [1.82, 2.24) is 5.32 Å². The van der Waals surface area contributed by atoms with Crippen LogP contribution in [-0.2, 0) is 9.59 Å². The van der Waals surface area contributed by atoms with Crippen LogP contribution < -0.4 is 20.7 Å². The highest BCUT2D eigenvalue weighted by Crippen LogP contribution is 2.41. The fraction of sp³-hybridized carbons (Fsp3) is 0.467. The Hall–Kier alpha value is -2.24. The zero-order valence-electron chi connectivity index (χ0n) is 12.6. The van der Waals surface area contributed by atoms with E-state index in [2.05, 4.69) is 5.32 Å². The van der Waals surface area contributed by atoms with Gasteiger partial charge in [-0.25, -0.2) is 0 Å². The number of hydrogen-bond donors (Lipinski definition) is 2. The van der Waals surface area contributed by atoms with Gasteiger partial charge in [0.1, 0.15) is 18.0 Å². The third-order valence-electron chi connectivity index (χ3n) is 3.30. The predicted molar refractivity (Wildman–Crippen MR) is 81.2 cm³/mol. The van der Waals surface area contributed by atoms with Crippen LogP contribution in [0.1, 0.15) is 27.2 Å². The molecule has 0 saturated carbocycles. The van der Waals surface area contributed by atoms with E-state index in [-0.39, 0.29) is 18.4 Å². The monoisotopic (exact) mass is 291 g/mol. The second-order valence-corrected chi connectivity index (χ2v) is 5.55. The van der Waals surface area contributed by atoms with E-state index in [1.165, 1.54) is 4.90 Å². The third-order valence-corrected chi connectivity index (χ3v) is 3.30. The van der Waals surface area contributed by atoms with E-state index in [1.54, 1.807) is 32.0 Å². The van der Waals surface area contributed by atoms with Crippen molar-refractivity contribution < 1.29 is 14.3 Å². The maximum Gasteiger partial charge on any atom is 0.271 e. The van der Waals surface area contributed by atoms with Crippen LogP contribution >= 0.6 is 0 Å². The summed E-state index contributed by atoms with van der Waals surface area (Å²) >= 11 is 0. The molecule has 1 heterocycles. The van der Waals surface area contributed by atoms with Gasteiger partial charge in [0.25, 0.3) is 5.91 Å². The van der Waals surface area contributed by atoms with E-state index in [4.69, 9.17) is 10.5 Å². The van der Waals surface area contributed by atoms with Crippen molar-refractivity contribution >= 4 is 23.2 Å². The van der Waals surface area contributed by atoms with Crippen LogP contribution in [0.5, 0.6) is 5.75 Å². The first-order valence-corrected chi connectivity index (χ1v) is 7.03. The Kier molecular flexibility index (Phi) is 4.06. The number of nitrogens with zero attached hydrogens (tertiary/aromatic N) is 1. The molecule has 1 aliphatic heterocycles. The second kappa shape index (κ2) is 5.63. The molecule has 6 heteroatoms. The quantitative estimate of drug-likeness (QED) is 0.819. The summed E-state index contributed by atoms with van der Waals surface area (Å²) in [6.07, 6.45) is 0.840. The van der Waals surface area contributed by atoms with Crippen molar-refractivity contribution in [2.24, 2.45) is 0 Å². The number of rotatable bonds is 4. The van der Waals surface area contributed by atoms with Crippen molar-refractivity contribution in [3.8, 4) is 5.75 Å². The molecule has 2 rings (SSSR count). The summed E-state index contributed by atoms with van der Waals surface area (Å²) in [5, 5.41) is 2.76. The van der Waals surface area contributed by atoms with Crippen LogP contribution in [0.15, 0.2) is 18.2 Å². The van der Waals surface area contributed by atoms with Gasteiger partial charge in [-0.15, -0.1) is 0 Å². The number of anilines is 2. The number of amides is 2. The van der Waals surface area contributed by atoms with Crippen LogP contribution in [0, 0.1) is 0 Å². The van der Waals surface area contributed by atoms with Crippen molar-refractivity contribution in [3.05, 3.63) is 18.2 Å². The highest BCUT2D eigenvalue weighted by atomic mass is 16.5. The molecule has 3 N–H and O–H groups in total. The Morgan fingerprint density at radius 1 is 1.43 bits per heavy atom. The average molecular weight is 291 g/mol. The largest absolute Gasteiger partial charge is 0.476 e. The molecular weight excluding hydrogens is 270 g/mol. The third kappa shape index (κ3) is 2.94. The van der Waals surface area contributed by atoms with Gasteiger partial charge in [-0.3, -0.25) is 14.5 Å². The fourth-order valence-electron chi connectivity index (χ4n) is 2.27. The molecule has 0 saturated heterocycles. The Labute approximate surface area is 124 Å². The molecule has 21 heavy (non-hydrogen) atoms. The van der Waals surface area contributed by atoms with Gasteiger partial charge in [0.05, 0.1) is 5.69 Å². The molecule has 0 fully saturated rings. The van der Waals surface area contributed by atoms with Crippen molar-refractivity contribution in [2.75, 3.05) is 23.7 Å². The summed E-state index contributed by atoms with van der Waals surface area (Å²) < 4.78 is 5.70. The van der Waals surface area contributed by atoms with Crippen LogP contribution in [0.4, 0.5) is 11.4 Å². The van der Waals surface area contributed by atoms with Gasteiger partial charge in [0.15, 0.2) is 5.60 Å². The van der Waals surface area contributed by atoms with Gasteiger partial charge in [-0.1, -0.05) is 13.0 Å². The van der Waals surface area contributed by atoms with Crippen LogP contribution in [0.3, 0.4) is 0 Å². The number of carbonyl (C=O) groups is 2. The lowest BCUT2D eigenvalue weighted by molar-refractivity contribution is -0.134. The zero-order chi connectivity index (χ0) is 15.6. The number of nitrogens with two attached hydrogens (primary N) is 1. The number of hydrogen-bond acceptors (Lipinski definition) is 4. The van der Waals surface area contributed by atoms with Gasteiger partial charge >= 0.3 is 0 Å². The van der Waals surface area contributed by atoms with E-state index in [1.807, 2.05) is 6.92 Å². The molecule has 0 aliphatic carbocycles. The molecule has 6 nitrogen and oxygen atoms in total. The molecule has 0 spiro atoms. The van der Waals surface area contributed by atoms with Crippen LogP contribution in [0.25, 0.3) is 0 Å². The minimum Gasteiger partial charge on any atom is -0.476 e. The highest BCUT2D eigenvalue weighted by molar-refractivity contribution is 6.08. The summed E-state index contributed by atoms with van der Waals surface area (Å²) in [7, 11) is 0. The summed E-state index contributed by atoms with van der Waals surface area (Å²) in [6.45, 7) is 5.85. The van der Waals surface area contributed by atoms with Gasteiger partial charge in [-0.05, 0) is 32.4 Å². The average Bonchev–Trinajstić information content (AvgIpc) is 2.41. The Balaban J connectivity index is 2.34. The fourth-order valence-corrected chi connectivity index (χ4v) is 2.27. The van der Waals surface area contributed by atoms with E-state index < -0.39 is 5.60 Å². The minimum atomic E-state index is -1.02. The first kappa shape index (κ1) is 15.2. The zero-order valence-corrected chi connectivity index (χ0v) is 12.6. The number of benzene rings is 1. The molecule has 0 bridgehead atoms. The molecule has 2 amide bonds. The van der Waals surface area contributed by atoms with Crippen LogP contribution in [-0.4, -0.2) is 30.5 Å². The number of fused-ring (bicyclic) bond motifs is 1. The van der Waals surface area contributed by atoms with Crippen LogP contribution in [0.2, 0.25) is 0 Å². The van der Waals surface area contributed by atoms with E-state index in [0.29, 0.717) is 23.7 Å². The molecule has 0 radical (unpaired) electrons. The summed E-state index contributed by atoms with van der Waals surface area (Å²) in [5.74, 6) is 0.0274. The standard InChI is InChI=1S/C15H21N3O3/c1-4-8-17-12(19)9-18-13-10(16)6-5-7-11(13)21-15(2,3)14(18)20/h5-7H,4,8-9,16H2,1-3H3,(H,17,19). The smallest absolute Gasteiger partial charge is 0.271 e. The lowest BCUT2D eigenvalue weighted by Crippen LogP contribution is -2.55. The normalized spacial score (nSPS) is 16.1. The Bertz CT molecular complexity index is 569. The maximum absolute atomic E-state index is 12.5. The molecule has 1 aliphatic rings. The maximum atomic E-state index is 12.5. The van der Waals surface area contributed by atoms with Gasteiger partial charge < -0.3 is 15.8 Å². The molecule has 1 aromatic carbocycles. The topological polar surface area (TPSA) is 84.7 Å². The van der Waals surface area contributed by atoms with E-state index >= 15 is 0 Å². The Morgan fingerprint density at radius 2 is 2.14 bits per heavy atom.